The summed E-state index contributed by atoms with van der Waals surface area (Å²) in [6, 6.07) is 8.46. The highest BCUT2D eigenvalue weighted by Gasteiger charge is 2.44. The molecule has 1 fully saturated rings. The molecule has 5 rings (SSSR count). The molecule has 2 aliphatic heterocycles. The van der Waals surface area contributed by atoms with Gasteiger partial charge in [-0.3, -0.25) is 14.2 Å². The highest BCUT2D eigenvalue weighted by molar-refractivity contribution is 5.95. The molecule has 1 saturated heterocycles. The Balaban J connectivity index is 1.58. The topological polar surface area (TPSA) is 56.0 Å². The molecular formula is C23H24F3N5O. The third-order valence-electron chi connectivity index (χ3n) is 6.59. The number of aryl methyl sites for hydroxylation is 3. The predicted octanol–water partition coefficient (Wildman–Crippen LogP) is 4.44. The van der Waals surface area contributed by atoms with Crippen LogP contribution < -0.4 is 0 Å². The fourth-order valence-electron chi connectivity index (χ4n) is 5.22. The maximum Gasteiger partial charge on any atom is 0.435 e. The fraction of sp³-hybridized carbons (Fsp3) is 0.435. The second-order valence-electron chi connectivity index (χ2n) is 8.76. The molecule has 2 aliphatic rings. The van der Waals surface area contributed by atoms with Crippen molar-refractivity contribution in [2.45, 2.75) is 50.9 Å². The molecule has 3 aromatic rings. The van der Waals surface area contributed by atoms with Gasteiger partial charge in [-0.2, -0.15) is 23.4 Å². The number of alkyl halides is 3. The van der Waals surface area contributed by atoms with Crippen LogP contribution in [0.1, 0.15) is 58.2 Å². The van der Waals surface area contributed by atoms with E-state index < -0.39 is 11.9 Å². The molecule has 168 valence electrons. The number of halogens is 3. The second-order valence-corrected chi connectivity index (χ2v) is 8.76. The quantitative estimate of drug-likeness (QED) is 0.589. The molecule has 1 amide bonds. The SMILES string of the molecule is Cc1cccc(C(=O)N2C3CCCC2c2nn(C)c(-c4cc(C(F)(F)F)nn4C)c2C3)c1. The number of aromatic nitrogens is 4. The van der Waals surface area contributed by atoms with E-state index in [1.54, 1.807) is 11.7 Å². The summed E-state index contributed by atoms with van der Waals surface area (Å²) in [5.41, 5.74) is 3.49. The van der Waals surface area contributed by atoms with Crippen LogP contribution in [0.25, 0.3) is 11.4 Å². The summed E-state index contributed by atoms with van der Waals surface area (Å²) in [6.07, 6.45) is -1.30. The van der Waals surface area contributed by atoms with Crippen molar-refractivity contribution in [3.8, 4) is 11.4 Å². The number of carbonyl (C=O) groups excluding carboxylic acids is 1. The van der Waals surface area contributed by atoms with Gasteiger partial charge in [0.1, 0.15) is 0 Å². The summed E-state index contributed by atoms with van der Waals surface area (Å²) < 4.78 is 42.6. The van der Waals surface area contributed by atoms with Crippen LogP contribution in [-0.2, 0) is 26.7 Å². The molecule has 4 heterocycles. The van der Waals surface area contributed by atoms with Crippen LogP contribution in [0.15, 0.2) is 30.3 Å². The highest BCUT2D eigenvalue weighted by atomic mass is 19.4. The summed E-state index contributed by atoms with van der Waals surface area (Å²) in [5, 5.41) is 8.38. The number of benzene rings is 1. The first-order valence-electron chi connectivity index (χ1n) is 10.7. The number of amides is 1. The minimum absolute atomic E-state index is 0.00692. The number of fused-ring (bicyclic) bond motifs is 4. The molecule has 6 nitrogen and oxygen atoms in total. The van der Waals surface area contributed by atoms with E-state index in [-0.39, 0.29) is 18.0 Å². The number of nitrogens with zero attached hydrogens (tertiary/aromatic N) is 5. The summed E-state index contributed by atoms with van der Waals surface area (Å²) in [5.74, 6) is -0.0128. The monoisotopic (exact) mass is 443 g/mol. The average Bonchev–Trinajstić information content (AvgIpc) is 3.26. The fourth-order valence-corrected chi connectivity index (χ4v) is 5.22. The third kappa shape index (κ3) is 3.22. The standard InChI is InChI=1S/C23H24F3N5O/c1-13-6-4-7-14(10-13)22(32)31-15-8-5-9-17(31)20-16(11-15)21(30(3)28-20)18-12-19(23(24,25)26)27-29(18)2/h4,6-7,10,12,15,17H,5,8-9,11H2,1-3H3. The van der Waals surface area contributed by atoms with Crippen LogP contribution in [0, 0.1) is 6.92 Å². The van der Waals surface area contributed by atoms with Gasteiger partial charge in [0.15, 0.2) is 5.69 Å². The Bertz CT molecular complexity index is 1210. The van der Waals surface area contributed by atoms with Gasteiger partial charge in [-0.1, -0.05) is 17.7 Å². The van der Waals surface area contributed by atoms with Crippen molar-refractivity contribution in [2.24, 2.45) is 14.1 Å². The lowest BCUT2D eigenvalue weighted by molar-refractivity contribution is -0.141. The predicted molar refractivity (Wildman–Crippen MR) is 112 cm³/mol. The van der Waals surface area contributed by atoms with Gasteiger partial charge in [-0.15, -0.1) is 0 Å². The van der Waals surface area contributed by atoms with Gasteiger partial charge < -0.3 is 4.90 Å². The van der Waals surface area contributed by atoms with Gasteiger partial charge in [-0.05, 0) is 50.8 Å². The minimum Gasteiger partial charge on any atom is -0.327 e. The van der Waals surface area contributed by atoms with Crippen LogP contribution in [0.5, 0.6) is 0 Å². The van der Waals surface area contributed by atoms with Gasteiger partial charge in [0.2, 0.25) is 0 Å². The lowest BCUT2D eigenvalue weighted by atomic mass is 9.81. The van der Waals surface area contributed by atoms with Crippen molar-refractivity contribution in [2.75, 3.05) is 0 Å². The number of hydrogen-bond donors (Lipinski definition) is 0. The van der Waals surface area contributed by atoms with E-state index in [0.717, 1.165) is 42.1 Å². The lowest BCUT2D eigenvalue weighted by Gasteiger charge is -2.45. The number of rotatable bonds is 2. The first-order chi connectivity index (χ1) is 15.1. The van der Waals surface area contributed by atoms with Gasteiger partial charge in [0, 0.05) is 31.3 Å². The molecule has 0 N–H and O–H groups in total. The molecule has 0 saturated carbocycles. The Labute approximate surface area is 183 Å². The first-order valence-corrected chi connectivity index (χ1v) is 10.7. The lowest BCUT2D eigenvalue weighted by Crippen LogP contribution is -2.49. The second kappa shape index (κ2) is 7.21. The summed E-state index contributed by atoms with van der Waals surface area (Å²) in [6.45, 7) is 1.96. The Hall–Kier alpha value is -3.10. The molecule has 2 bridgehead atoms. The maximum atomic E-state index is 13.5. The van der Waals surface area contributed by atoms with E-state index in [0.29, 0.717) is 23.4 Å². The first kappa shape index (κ1) is 20.8. The van der Waals surface area contributed by atoms with Crippen molar-refractivity contribution >= 4 is 5.91 Å². The molecule has 0 spiro atoms. The zero-order chi connectivity index (χ0) is 22.8. The largest absolute Gasteiger partial charge is 0.435 e. The molecule has 9 heteroatoms. The molecule has 1 aromatic carbocycles. The maximum absolute atomic E-state index is 13.5. The summed E-state index contributed by atoms with van der Waals surface area (Å²) in [7, 11) is 3.26. The van der Waals surface area contributed by atoms with Crippen LogP contribution in [0.3, 0.4) is 0 Å². The Morgan fingerprint density at radius 1 is 1.09 bits per heavy atom. The molecule has 2 atom stereocenters. The van der Waals surface area contributed by atoms with Gasteiger partial charge in [-0.25, -0.2) is 0 Å². The van der Waals surface area contributed by atoms with E-state index in [4.69, 9.17) is 5.10 Å². The number of carbonyl (C=O) groups is 1. The Morgan fingerprint density at radius 2 is 1.88 bits per heavy atom. The molecule has 32 heavy (non-hydrogen) atoms. The average molecular weight is 443 g/mol. The normalized spacial score (nSPS) is 20.4. The molecule has 0 radical (unpaired) electrons. The van der Waals surface area contributed by atoms with E-state index in [1.807, 2.05) is 36.1 Å². The van der Waals surface area contributed by atoms with Crippen molar-refractivity contribution in [3.63, 3.8) is 0 Å². The van der Waals surface area contributed by atoms with Gasteiger partial charge in [0.25, 0.3) is 5.91 Å². The van der Waals surface area contributed by atoms with E-state index in [2.05, 4.69) is 5.10 Å². The minimum atomic E-state index is -4.51. The zero-order valence-electron chi connectivity index (χ0n) is 18.1. The van der Waals surface area contributed by atoms with Gasteiger partial charge in [0.05, 0.1) is 23.1 Å². The highest BCUT2D eigenvalue weighted by Crippen LogP contribution is 2.45. The Morgan fingerprint density at radius 3 is 2.56 bits per heavy atom. The van der Waals surface area contributed by atoms with E-state index in [9.17, 15) is 18.0 Å². The summed E-state index contributed by atoms with van der Waals surface area (Å²) >= 11 is 0. The zero-order valence-corrected chi connectivity index (χ0v) is 18.1. The van der Waals surface area contributed by atoms with Crippen LogP contribution in [0.4, 0.5) is 13.2 Å². The Kier molecular flexibility index (Phi) is 4.69. The van der Waals surface area contributed by atoms with E-state index in [1.165, 1.54) is 11.7 Å². The van der Waals surface area contributed by atoms with E-state index >= 15 is 0 Å². The van der Waals surface area contributed by atoms with Crippen molar-refractivity contribution in [3.05, 3.63) is 58.4 Å². The van der Waals surface area contributed by atoms with Crippen molar-refractivity contribution in [1.29, 1.82) is 0 Å². The number of piperidine rings is 1. The third-order valence-corrected chi connectivity index (χ3v) is 6.59. The smallest absolute Gasteiger partial charge is 0.327 e. The molecule has 2 unspecified atom stereocenters. The van der Waals surface area contributed by atoms with Crippen LogP contribution in [0.2, 0.25) is 0 Å². The molecule has 2 aromatic heterocycles. The van der Waals surface area contributed by atoms with Crippen LogP contribution >= 0.6 is 0 Å². The molecular weight excluding hydrogens is 419 g/mol. The van der Waals surface area contributed by atoms with Crippen molar-refractivity contribution in [1.82, 2.24) is 24.5 Å². The number of hydrogen-bond acceptors (Lipinski definition) is 3. The van der Waals surface area contributed by atoms with Gasteiger partial charge >= 0.3 is 6.18 Å². The van der Waals surface area contributed by atoms with Crippen molar-refractivity contribution < 1.29 is 18.0 Å². The summed E-state index contributed by atoms with van der Waals surface area (Å²) in [4.78, 5) is 15.4. The molecule has 0 aliphatic carbocycles. The van der Waals surface area contributed by atoms with Crippen LogP contribution in [-0.4, -0.2) is 36.4 Å².